The quantitative estimate of drug-likeness (QED) is 0.869. The Morgan fingerprint density at radius 1 is 1.33 bits per heavy atom. The van der Waals surface area contributed by atoms with Gasteiger partial charge in [-0.25, -0.2) is 4.98 Å². The summed E-state index contributed by atoms with van der Waals surface area (Å²) in [5.74, 6) is 2.75. The van der Waals surface area contributed by atoms with Gasteiger partial charge in [0, 0.05) is 18.0 Å². The fourth-order valence-electron chi connectivity index (χ4n) is 2.28. The van der Waals surface area contributed by atoms with Gasteiger partial charge < -0.3 is 10.1 Å². The molecule has 4 heteroatoms. The third-order valence-corrected chi connectivity index (χ3v) is 3.24. The molecule has 1 heterocycles. The van der Waals surface area contributed by atoms with E-state index in [1.165, 1.54) is 25.7 Å². The van der Waals surface area contributed by atoms with E-state index in [0.29, 0.717) is 24.4 Å². The fraction of sp³-hybridized carbons (Fsp3) is 0.714. The van der Waals surface area contributed by atoms with Crippen molar-refractivity contribution < 1.29 is 4.74 Å². The van der Waals surface area contributed by atoms with Crippen LogP contribution < -0.4 is 10.1 Å². The predicted molar refractivity (Wildman–Crippen MR) is 73.2 cm³/mol. The second-order valence-electron chi connectivity index (χ2n) is 5.16. The predicted octanol–water partition coefficient (Wildman–Crippen LogP) is 3.35. The number of nitrogens with one attached hydrogen (secondary N) is 1. The van der Waals surface area contributed by atoms with Crippen molar-refractivity contribution in [1.82, 2.24) is 9.97 Å². The number of aromatic nitrogens is 2. The number of hydrogen-bond donors (Lipinski definition) is 1. The highest BCUT2D eigenvalue weighted by atomic mass is 16.5. The summed E-state index contributed by atoms with van der Waals surface area (Å²) in [5.41, 5.74) is 0. The highest BCUT2D eigenvalue weighted by Crippen LogP contribution is 2.24. The molecule has 0 spiro atoms. The molecule has 100 valence electrons. The Hall–Kier alpha value is -1.32. The van der Waals surface area contributed by atoms with Gasteiger partial charge in [-0.3, -0.25) is 0 Å². The Bertz CT molecular complexity index is 387. The summed E-state index contributed by atoms with van der Waals surface area (Å²) in [6.45, 7) is 6.81. The van der Waals surface area contributed by atoms with Crippen molar-refractivity contribution >= 4 is 5.82 Å². The molecule has 1 N–H and O–H groups in total. The minimum atomic E-state index is 0.314. The van der Waals surface area contributed by atoms with E-state index < -0.39 is 0 Å². The lowest BCUT2D eigenvalue weighted by molar-refractivity contribution is 0.324. The second-order valence-corrected chi connectivity index (χ2v) is 5.16. The zero-order valence-electron chi connectivity index (χ0n) is 11.6. The van der Waals surface area contributed by atoms with E-state index in [-0.39, 0.29) is 0 Å². The Morgan fingerprint density at radius 3 is 2.67 bits per heavy atom. The molecule has 0 unspecified atom stereocenters. The van der Waals surface area contributed by atoms with Crippen molar-refractivity contribution in [3.8, 4) is 5.88 Å². The van der Waals surface area contributed by atoms with Crippen LogP contribution in [0.3, 0.4) is 0 Å². The smallest absolute Gasteiger partial charge is 0.218 e. The van der Waals surface area contributed by atoms with E-state index in [9.17, 15) is 0 Å². The maximum absolute atomic E-state index is 5.51. The van der Waals surface area contributed by atoms with Gasteiger partial charge in [0.05, 0.1) is 6.61 Å². The van der Waals surface area contributed by atoms with Crippen LogP contribution >= 0.6 is 0 Å². The van der Waals surface area contributed by atoms with Gasteiger partial charge in [-0.05, 0) is 19.8 Å². The van der Waals surface area contributed by atoms with Gasteiger partial charge in [-0.2, -0.15) is 4.98 Å². The molecule has 0 saturated heterocycles. The van der Waals surface area contributed by atoms with Crippen molar-refractivity contribution in [2.75, 3.05) is 11.9 Å². The molecule has 1 aliphatic carbocycles. The number of hydrogen-bond acceptors (Lipinski definition) is 4. The Balaban J connectivity index is 2.16. The standard InChI is InChI=1S/C14H23N3O/c1-4-18-13-9-12(15-11-7-5-6-8-11)16-14(17-13)10(2)3/h9-11H,4-8H2,1-3H3,(H,15,16,17). The molecule has 2 rings (SSSR count). The molecule has 4 nitrogen and oxygen atoms in total. The van der Waals surface area contributed by atoms with Gasteiger partial charge in [0.1, 0.15) is 11.6 Å². The number of anilines is 1. The summed E-state index contributed by atoms with van der Waals surface area (Å²) in [6.07, 6.45) is 5.12. The average Bonchev–Trinajstić information content (AvgIpc) is 2.82. The molecule has 0 aromatic carbocycles. The van der Waals surface area contributed by atoms with Gasteiger partial charge in [-0.1, -0.05) is 26.7 Å². The van der Waals surface area contributed by atoms with E-state index in [4.69, 9.17) is 4.74 Å². The summed E-state index contributed by atoms with van der Waals surface area (Å²) < 4.78 is 5.51. The second kappa shape index (κ2) is 6.03. The third-order valence-electron chi connectivity index (χ3n) is 3.24. The molecule has 1 aromatic heterocycles. The number of nitrogens with zero attached hydrogens (tertiary/aromatic N) is 2. The molecule has 1 aliphatic rings. The maximum atomic E-state index is 5.51. The topological polar surface area (TPSA) is 47.0 Å². The minimum Gasteiger partial charge on any atom is -0.478 e. The first-order valence-corrected chi connectivity index (χ1v) is 6.97. The molecule has 1 fully saturated rings. The molecular formula is C14H23N3O. The molecule has 0 atom stereocenters. The Morgan fingerprint density at radius 2 is 2.06 bits per heavy atom. The number of rotatable bonds is 5. The van der Waals surface area contributed by atoms with Crippen LogP contribution in [0.5, 0.6) is 5.88 Å². The molecule has 1 aromatic rings. The minimum absolute atomic E-state index is 0.314. The SMILES string of the molecule is CCOc1cc(NC2CCCC2)nc(C(C)C)n1. The highest BCUT2D eigenvalue weighted by molar-refractivity contribution is 5.40. The summed E-state index contributed by atoms with van der Waals surface area (Å²) in [7, 11) is 0. The average molecular weight is 249 g/mol. The van der Waals surface area contributed by atoms with Gasteiger partial charge in [-0.15, -0.1) is 0 Å². The van der Waals surface area contributed by atoms with E-state index in [1.54, 1.807) is 0 Å². The van der Waals surface area contributed by atoms with Crippen molar-refractivity contribution in [3.63, 3.8) is 0 Å². The molecule has 1 saturated carbocycles. The lowest BCUT2D eigenvalue weighted by Crippen LogP contribution is -2.16. The van der Waals surface area contributed by atoms with Crippen LogP contribution in [0.15, 0.2) is 6.07 Å². The van der Waals surface area contributed by atoms with Crippen LogP contribution in [0.25, 0.3) is 0 Å². The van der Waals surface area contributed by atoms with Gasteiger partial charge in [0.25, 0.3) is 0 Å². The van der Waals surface area contributed by atoms with Gasteiger partial charge in [0.15, 0.2) is 0 Å². The van der Waals surface area contributed by atoms with E-state index in [2.05, 4.69) is 29.1 Å². The summed E-state index contributed by atoms with van der Waals surface area (Å²) in [4.78, 5) is 9.00. The van der Waals surface area contributed by atoms with Crippen LogP contribution in [-0.4, -0.2) is 22.6 Å². The van der Waals surface area contributed by atoms with Crippen molar-refractivity contribution in [2.24, 2.45) is 0 Å². The molecule has 0 radical (unpaired) electrons. The zero-order chi connectivity index (χ0) is 13.0. The highest BCUT2D eigenvalue weighted by Gasteiger charge is 2.16. The van der Waals surface area contributed by atoms with Crippen LogP contribution in [0.2, 0.25) is 0 Å². The molecule has 0 aliphatic heterocycles. The number of ether oxygens (including phenoxy) is 1. The van der Waals surface area contributed by atoms with Crippen molar-refractivity contribution in [1.29, 1.82) is 0 Å². The maximum Gasteiger partial charge on any atom is 0.218 e. The monoisotopic (exact) mass is 249 g/mol. The first-order chi connectivity index (χ1) is 8.69. The van der Waals surface area contributed by atoms with Crippen LogP contribution in [0.4, 0.5) is 5.82 Å². The first kappa shape index (κ1) is 13.1. The fourth-order valence-corrected chi connectivity index (χ4v) is 2.28. The zero-order valence-corrected chi connectivity index (χ0v) is 11.6. The first-order valence-electron chi connectivity index (χ1n) is 6.97. The molecule has 0 amide bonds. The van der Waals surface area contributed by atoms with E-state index >= 15 is 0 Å². The Labute approximate surface area is 109 Å². The largest absolute Gasteiger partial charge is 0.478 e. The van der Waals surface area contributed by atoms with Crippen molar-refractivity contribution in [2.45, 2.75) is 58.4 Å². The van der Waals surface area contributed by atoms with Crippen molar-refractivity contribution in [3.05, 3.63) is 11.9 Å². The van der Waals surface area contributed by atoms with Gasteiger partial charge >= 0.3 is 0 Å². The van der Waals surface area contributed by atoms with E-state index in [0.717, 1.165) is 11.6 Å². The normalized spacial score (nSPS) is 16.2. The lowest BCUT2D eigenvalue weighted by Gasteiger charge is -2.15. The summed E-state index contributed by atoms with van der Waals surface area (Å²) in [5, 5.41) is 3.50. The molecular weight excluding hydrogens is 226 g/mol. The lowest BCUT2D eigenvalue weighted by atomic mass is 10.2. The van der Waals surface area contributed by atoms with Crippen LogP contribution in [-0.2, 0) is 0 Å². The molecule has 0 bridgehead atoms. The van der Waals surface area contributed by atoms with Gasteiger partial charge in [0.2, 0.25) is 5.88 Å². The Kier molecular flexibility index (Phi) is 4.39. The summed E-state index contributed by atoms with van der Waals surface area (Å²) in [6, 6.07) is 2.47. The summed E-state index contributed by atoms with van der Waals surface area (Å²) >= 11 is 0. The van der Waals surface area contributed by atoms with Crippen LogP contribution in [0.1, 0.15) is 58.2 Å². The third kappa shape index (κ3) is 3.34. The van der Waals surface area contributed by atoms with E-state index in [1.807, 2.05) is 13.0 Å². The van der Waals surface area contributed by atoms with Crippen LogP contribution in [0, 0.1) is 0 Å². The molecule has 18 heavy (non-hydrogen) atoms.